The van der Waals surface area contributed by atoms with Gasteiger partial charge in [-0.2, -0.15) is 0 Å². The molecule has 108 valence electrons. The number of aryl methyl sites for hydroxylation is 1. The van der Waals surface area contributed by atoms with E-state index in [1.54, 1.807) is 12.4 Å². The van der Waals surface area contributed by atoms with E-state index in [1.165, 1.54) is 0 Å². The van der Waals surface area contributed by atoms with E-state index in [-0.39, 0.29) is 0 Å². The number of pyridine rings is 1. The van der Waals surface area contributed by atoms with E-state index < -0.39 is 11.4 Å². The molecule has 21 heavy (non-hydrogen) atoms. The highest BCUT2D eigenvalue weighted by Gasteiger charge is 2.43. The number of carboxylic acid groups (broad SMARTS) is 1. The molecule has 0 amide bonds. The van der Waals surface area contributed by atoms with Crippen molar-refractivity contribution in [2.45, 2.75) is 31.1 Å². The van der Waals surface area contributed by atoms with E-state index in [4.69, 9.17) is 11.6 Å². The van der Waals surface area contributed by atoms with Crippen LogP contribution in [0.25, 0.3) is 0 Å². The van der Waals surface area contributed by atoms with Crippen molar-refractivity contribution < 1.29 is 9.90 Å². The van der Waals surface area contributed by atoms with Gasteiger partial charge >= 0.3 is 5.97 Å². The van der Waals surface area contributed by atoms with Crippen molar-refractivity contribution in [3.05, 3.63) is 64.4 Å². The topological polar surface area (TPSA) is 50.2 Å². The number of hydrogen-bond acceptors (Lipinski definition) is 2. The molecule has 0 fully saturated rings. The van der Waals surface area contributed by atoms with Gasteiger partial charge in [-0.25, -0.2) is 0 Å². The van der Waals surface area contributed by atoms with Gasteiger partial charge in [-0.05, 0) is 48.4 Å². The minimum atomic E-state index is -0.889. The van der Waals surface area contributed by atoms with Crippen LogP contribution in [0.5, 0.6) is 0 Å². The van der Waals surface area contributed by atoms with Gasteiger partial charge in [-0.15, -0.1) is 0 Å². The van der Waals surface area contributed by atoms with Crippen LogP contribution in [0.15, 0.2) is 42.7 Å². The summed E-state index contributed by atoms with van der Waals surface area (Å²) in [5, 5.41) is 10.5. The van der Waals surface area contributed by atoms with Crippen molar-refractivity contribution in [1.29, 1.82) is 0 Å². The minimum absolute atomic E-state index is 0.403. The summed E-state index contributed by atoms with van der Waals surface area (Å²) in [6.45, 7) is 0. The Kier molecular flexibility index (Phi) is 3.68. The molecule has 0 spiro atoms. The van der Waals surface area contributed by atoms with Crippen LogP contribution in [0.4, 0.5) is 0 Å². The number of aromatic nitrogens is 1. The Morgan fingerprint density at radius 1 is 1.33 bits per heavy atom. The number of hydrogen-bond donors (Lipinski definition) is 1. The number of carboxylic acids is 1. The van der Waals surface area contributed by atoms with E-state index >= 15 is 0 Å². The van der Waals surface area contributed by atoms with Crippen molar-refractivity contribution in [1.82, 2.24) is 4.98 Å². The van der Waals surface area contributed by atoms with E-state index in [9.17, 15) is 9.90 Å². The monoisotopic (exact) mass is 301 g/mol. The second kappa shape index (κ2) is 5.49. The molecule has 1 unspecified atom stereocenters. The molecule has 0 aliphatic heterocycles. The van der Waals surface area contributed by atoms with Gasteiger partial charge in [-0.1, -0.05) is 35.9 Å². The van der Waals surface area contributed by atoms with Crippen molar-refractivity contribution in [2.24, 2.45) is 0 Å². The number of halogens is 1. The third-order valence-electron chi connectivity index (χ3n) is 4.34. The fourth-order valence-corrected chi connectivity index (χ4v) is 3.46. The Morgan fingerprint density at radius 2 is 2.14 bits per heavy atom. The molecule has 1 atom stereocenters. The second-order valence-electron chi connectivity index (χ2n) is 5.54. The molecule has 1 aliphatic rings. The average Bonchev–Trinajstić information content (AvgIpc) is 2.49. The predicted molar refractivity (Wildman–Crippen MR) is 81.6 cm³/mol. The van der Waals surface area contributed by atoms with Crippen LogP contribution >= 0.6 is 11.6 Å². The summed E-state index contributed by atoms with van der Waals surface area (Å²) < 4.78 is 0. The molecule has 1 aromatic heterocycles. The van der Waals surface area contributed by atoms with Crippen LogP contribution in [-0.4, -0.2) is 16.1 Å². The lowest BCUT2D eigenvalue weighted by molar-refractivity contribution is -0.144. The van der Waals surface area contributed by atoms with Gasteiger partial charge in [0, 0.05) is 12.4 Å². The van der Waals surface area contributed by atoms with Gasteiger partial charge in [-0.3, -0.25) is 9.78 Å². The first-order valence-electron chi connectivity index (χ1n) is 7.04. The third kappa shape index (κ3) is 2.42. The maximum absolute atomic E-state index is 12.1. The molecule has 1 heterocycles. The summed E-state index contributed by atoms with van der Waals surface area (Å²) in [6.07, 6.45) is 6.09. The molecular formula is C17H16ClNO2. The number of nitrogens with zero attached hydrogens (tertiary/aromatic N) is 1. The van der Waals surface area contributed by atoms with E-state index in [2.05, 4.69) is 4.98 Å². The third-order valence-corrected chi connectivity index (χ3v) is 4.68. The largest absolute Gasteiger partial charge is 0.481 e. The minimum Gasteiger partial charge on any atom is -0.481 e. The molecular weight excluding hydrogens is 286 g/mol. The fraction of sp³-hybridized carbons (Fsp3) is 0.294. The van der Waals surface area contributed by atoms with Gasteiger partial charge < -0.3 is 5.11 Å². The summed E-state index contributed by atoms with van der Waals surface area (Å²) >= 11 is 6.18. The first-order chi connectivity index (χ1) is 10.1. The number of carbonyl (C=O) groups is 1. The molecule has 1 N–H and O–H groups in total. The van der Waals surface area contributed by atoms with Crippen molar-refractivity contribution in [3.8, 4) is 0 Å². The lowest BCUT2D eigenvalue weighted by atomic mass is 9.67. The number of aliphatic carboxylic acids is 1. The lowest BCUT2D eigenvalue weighted by Gasteiger charge is -2.35. The number of fused-ring (bicyclic) bond motifs is 1. The number of rotatable bonds is 3. The Labute approximate surface area is 128 Å². The summed E-state index contributed by atoms with van der Waals surface area (Å²) in [7, 11) is 0. The predicted octanol–water partition coefficient (Wildman–Crippen LogP) is 3.64. The molecule has 1 aromatic carbocycles. The van der Waals surface area contributed by atoms with Crippen molar-refractivity contribution >= 4 is 17.6 Å². The zero-order chi connectivity index (χ0) is 14.9. The average molecular weight is 302 g/mol. The number of benzene rings is 1. The van der Waals surface area contributed by atoms with Gasteiger partial charge in [0.2, 0.25) is 0 Å². The summed E-state index contributed by atoms with van der Waals surface area (Å²) in [5.74, 6) is -0.775. The molecule has 4 heteroatoms. The summed E-state index contributed by atoms with van der Waals surface area (Å²) in [4.78, 5) is 16.1. The standard InChI is InChI=1S/C17H16ClNO2/c18-15-11-19-9-7-13(15)10-17(16(20)21)8-3-5-12-4-1-2-6-14(12)17/h1-2,4,6-7,9,11H,3,5,8,10H2,(H,20,21). The zero-order valence-electron chi connectivity index (χ0n) is 11.6. The normalized spacial score (nSPS) is 20.8. The van der Waals surface area contributed by atoms with E-state index in [0.29, 0.717) is 17.9 Å². The maximum atomic E-state index is 12.1. The smallest absolute Gasteiger partial charge is 0.314 e. The summed E-state index contributed by atoms with van der Waals surface area (Å²) in [6, 6.07) is 9.66. The Bertz CT molecular complexity index is 686. The van der Waals surface area contributed by atoms with Gasteiger partial charge in [0.25, 0.3) is 0 Å². The first kappa shape index (κ1) is 14.1. The molecule has 0 saturated carbocycles. The quantitative estimate of drug-likeness (QED) is 0.941. The first-order valence-corrected chi connectivity index (χ1v) is 7.41. The lowest BCUT2D eigenvalue weighted by Crippen LogP contribution is -2.41. The van der Waals surface area contributed by atoms with E-state index in [1.807, 2.05) is 30.3 Å². The van der Waals surface area contributed by atoms with Crippen LogP contribution in [-0.2, 0) is 23.1 Å². The molecule has 1 aliphatic carbocycles. The highest BCUT2D eigenvalue weighted by molar-refractivity contribution is 6.31. The van der Waals surface area contributed by atoms with Crippen LogP contribution in [0, 0.1) is 0 Å². The maximum Gasteiger partial charge on any atom is 0.314 e. The van der Waals surface area contributed by atoms with Gasteiger partial charge in [0.05, 0.1) is 10.4 Å². The molecule has 2 aromatic rings. The van der Waals surface area contributed by atoms with Gasteiger partial charge in [0.15, 0.2) is 0 Å². The van der Waals surface area contributed by atoms with Gasteiger partial charge in [0.1, 0.15) is 0 Å². The molecule has 0 saturated heterocycles. The Morgan fingerprint density at radius 3 is 2.90 bits per heavy atom. The van der Waals surface area contributed by atoms with Crippen LogP contribution in [0.2, 0.25) is 5.02 Å². The molecule has 3 rings (SSSR count). The molecule has 3 nitrogen and oxygen atoms in total. The SMILES string of the molecule is O=C(O)C1(Cc2ccncc2Cl)CCCc2ccccc21. The fourth-order valence-electron chi connectivity index (χ4n) is 3.27. The Hall–Kier alpha value is -1.87. The molecule has 0 bridgehead atoms. The highest BCUT2D eigenvalue weighted by atomic mass is 35.5. The van der Waals surface area contributed by atoms with Crippen LogP contribution < -0.4 is 0 Å². The second-order valence-corrected chi connectivity index (χ2v) is 5.95. The van der Waals surface area contributed by atoms with E-state index in [0.717, 1.165) is 29.5 Å². The molecule has 0 radical (unpaired) electrons. The zero-order valence-corrected chi connectivity index (χ0v) is 12.3. The van der Waals surface area contributed by atoms with Crippen LogP contribution in [0.1, 0.15) is 29.5 Å². The highest BCUT2D eigenvalue weighted by Crippen LogP contribution is 2.41. The van der Waals surface area contributed by atoms with Crippen molar-refractivity contribution in [3.63, 3.8) is 0 Å². The van der Waals surface area contributed by atoms with Crippen molar-refractivity contribution in [2.75, 3.05) is 0 Å². The van der Waals surface area contributed by atoms with Crippen LogP contribution in [0.3, 0.4) is 0 Å². The Balaban J connectivity index is 2.11. The summed E-state index contributed by atoms with van der Waals surface area (Å²) in [5.41, 5.74) is 2.01.